The minimum atomic E-state index is -3.91. The van der Waals surface area contributed by atoms with Gasteiger partial charge in [-0.2, -0.15) is 0 Å². The first-order valence-electron chi connectivity index (χ1n) is 13.7. The summed E-state index contributed by atoms with van der Waals surface area (Å²) in [5.41, 5.74) is 1.88. The van der Waals surface area contributed by atoms with Crippen molar-refractivity contribution in [1.29, 1.82) is 0 Å². The van der Waals surface area contributed by atoms with E-state index in [-0.39, 0.29) is 40.6 Å². The summed E-state index contributed by atoms with van der Waals surface area (Å²) in [6.07, 6.45) is 6.33. The number of benzene rings is 3. The number of anilines is 1. The van der Waals surface area contributed by atoms with Gasteiger partial charge in [-0.25, -0.2) is 8.42 Å². The molecule has 7 nitrogen and oxygen atoms in total. The minimum Gasteiger partial charge on any atom is -0.352 e. The SMILES string of the molecule is CS(=O)(=O)N(CC(=O)N(Cc1ccccc1)[C@H](Cc1ccccc1)C(=O)NC1CCCCC1)c1cc(Cl)cc(Cl)c1. The molecule has 41 heavy (non-hydrogen) atoms. The van der Waals surface area contributed by atoms with E-state index < -0.39 is 28.5 Å². The van der Waals surface area contributed by atoms with Crippen molar-refractivity contribution in [1.82, 2.24) is 10.2 Å². The van der Waals surface area contributed by atoms with Gasteiger partial charge in [0.05, 0.1) is 11.9 Å². The van der Waals surface area contributed by atoms with Crippen LogP contribution in [0.1, 0.15) is 43.2 Å². The lowest BCUT2D eigenvalue weighted by molar-refractivity contribution is -0.140. The van der Waals surface area contributed by atoms with Crippen LogP contribution in [0, 0.1) is 0 Å². The van der Waals surface area contributed by atoms with Crippen molar-refractivity contribution < 1.29 is 18.0 Å². The number of sulfonamides is 1. The predicted molar refractivity (Wildman–Crippen MR) is 165 cm³/mol. The van der Waals surface area contributed by atoms with Crippen LogP contribution in [-0.4, -0.2) is 50.0 Å². The third-order valence-corrected chi connectivity index (χ3v) is 8.81. The van der Waals surface area contributed by atoms with Gasteiger partial charge >= 0.3 is 0 Å². The molecule has 3 aromatic rings. The molecule has 0 aromatic heterocycles. The van der Waals surface area contributed by atoms with Crippen molar-refractivity contribution in [2.24, 2.45) is 0 Å². The van der Waals surface area contributed by atoms with Gasteiger partial charge in [0.1, 0.15) is 12.6 Å². The van der Waals surface area contributed by atoms with Crippen LogP contribution in [0.15, 0.2) is 78.9 Å². The highest BCUT2D eigenvalue weighted by Gasteiger charge is 2.34. The topological polar surface area (TPSA) is 86.8 Å². The highest BCUT2D eigenvalue weighted by molar-refractivity contribution is 7.92. The monoisotopic (exact) mass is 615 g/mol. The Morgan fingerprint density at radius 3 is 2.00 bits per heavy atom. The molecule has 0 radical (unpaired) electrons. The standard InChI is InChI=1S/C31H35Cl2N3O4S/c1-41(39,40)36(28-19-25(32)18-26(33)20-28)22-30(37)35(21-24-13-7-3-8-14-24)29(17-23-11-5-2-6-12-23)31(38)34-27-15-9-4-10-16-27/h2-3,5-8,11-14,18-20,27,29H,4,9-10,15-17,21-22H2,1H3,(H,34,38)/t29-/m1/s1. The molecule has 218 valence electrons. The second-order valence-corrected chi connectivity index (χ2v) is 13.2. The fourth-order valence-electron chi connectivity index (χ4n) is 5.18. The Kier molecular flexibility index (Phi) is 10.7. The first kappa shape index (κ1) is 30.9. The second-order valence-electron chi connectivity index (χ2n) is 10.5. The maximum atomic E-state index is 14.2. The van der Waals surface area contributed by atoms with Crippen molar-refractivity contribution in [3.8, 4) is 0 Å². The molecule has 0 saturated heterocycles. The summed E-state index contributed by atoms with van der Waals surface area (Å²) in [4.78, 5) is 29.6. The van der Waals surface area contributed by atoms with Crippen molar-refractivity contribution >= 4 is 50.7 Å². The molecule has 1 atom stereocenters. The Morgan fingerprint density at radius 2 is 1.44 bits per heavy atom. The van der Waals surface area contributed by atoms with Crippen LogP contribution in [0.5, 0.6) is 0 Å². The van der Waals surface area contributed by atoms with Crippen molar-refractivity contribution in [3.05, 3.63) is 100 Å². The third-order valence-electron chi connectivity index (χ3n) is 7.23. The van der Waals surface area contributed by atoms with Crippen LogP contribution in [0.3, 0.4) is 0 Å². The molecule has 4 rings (SSSR count). The Morgan fingerprint density at radius 1 is 0.878 bits per heavy atom. The summed E-state index contributed by atoms with van der Waals surface area (Å²) >= 11 is 12.3. The summed E-state index contributed by atoms with van der Waals surface area (Å²) in [5, 5.41) is 3.67. The normalized spacial score (nSPS) is 14.7. The molecule has 1 aliphatic carbocycles. The van der Waals surface area contributed by atoms with Gasteiger partial charge in [0, 0.05) is 29.1 Å². The molecule has 10 heteroatoms. The largest absolute Gasteiger partial charge is 0.352 e. The summed E-state index contributed by atoms with van der Waals surface area (Å²) in [6, 6.07) is 22.4. The molecule has 3 aromatic carbocycles. The molecule has 2 amide bonds. The van der Waals surface area contributed by atoms with Crippen LogP contribution in [0.25, 0.3) is 0 Å². The van der Waals surface area contributed by atoms with Crippen LogP contribution >= 0.6 is 23.2 Å². The number of nitrogens with zero attached hydrogens (tertiary/aromatic N) is 2. The summed E-state index contributed by atoms with van der Waals surface area (Å²) in [5.74, 6) is -0.767. The lowest BCUT2D eigenvalue weighted by Crippen LogP contribution is -2.55. The van der Waals surface area contributed by atoms with Gasteiger partial charge in [-0.1, -0.05) is 103 Å². The van der Waals surface area contributed by atoms with E-state index in [1.807, 2.05) is 60.7 Å². The maximum Gasteiger partial charge on any atom is 0.244 e. The minimum absolute atomic E-state index is 0.0457. The zero-order chi connectivity index (χ0) is 29.4. The summed E-state index contributed by atoms with van der Waals surface area (Å²) in [7, 11) is -3.91. The average Bonchev–Trinajstić information content (AvgIpc) is 2.94. The maximum absolute atomic E-state index is 14.2. The van der Waals surface area contributed by atoms with Gasteiger partial charge in [0.2, 0.25) is 21.8 Å². The van der Waals surface area contributed by atoms with Gasteiger partial charge < -0.3 is 10.2 Å². The lowest BCUT2D eigenvalue weighted by Gasteiger charge is -2.35. The summed E-state index contributed by atoms with van der Waals surface area (Å²) in [6.45, 7) is -0.395. The summed E-state index contributed by atoms with van der Waals surface area (Å²) < 4.78 is 26.8. The molecule has 1 N–H and O–H groups in total. The zero-order valence-electron chi connectivity index (χ0n) is 23.0. The number of carbonyl (C=O) groups is 2. The van der Waals surface area contributed by atoms with Crippen LogP contribution < -0.4 is 9.62 Å². The van der Waals surface area contributed by atoms with E-state index in [0.717, 1.165) is 53.8 Å². The van der Waals surface area contributed by atoms with Crippen LogP contribution in [0.4, 0.5) is 5.69 Å². The zero-order valence-corrected chi connectivity index (χ0v) is 25.3. The molecule has 1 saturated carbocycles. The van der Waals surface area contributed by atoms with Gasteiger partial charge in [0.15, 0.2) is 0 Å². The van der Waals surface area contributed by atoms with Gasteiger partial charge in [-0.3, -0.25) is 13.9 Å². The Balaban J connectivity index is 1.71. The first-order valence-corrected chi connectivity index (χ1v) is 16.3. The fourth-order valence-corrected chi connectivity index (χ4v) is 6.52. The fraction of sp³-hybridized carbons (Fsp3) is 0.355. The Hall–Kier alpha value is -3.07. The molecular formula is C31H35Cl2N3O4S. The van der Waals surface area contributed by atoms with Crippen molar-refractivity contribution in [2.75, 3.05) is 17.1 Å². The molecule has 0 aliphatic heterocycles. The molecule has 0 bridgehead atoms. The average molecular weight is 617 g/mol. The number of hydrogen-bond donors (Lipinski definition) is 1. The second kappa shape index (κ2) is 14.2. The van der Waals surface area contributed by atoms with E-state index in [1.54, 1.807) is 0 Å². The first-order chi connectivity index (χ1) is 19.6. The van der Waals surface area contributed by atoms with E-state index in [1.165, 1.54) is 23.1 Å². The van der Waals surface area contributed by atoms with E-state index >= 15 is 0 Å². The molecular weight excluding hydrogens is 581 g/mol. The van der Waals surface area contributed by atoms with Crippen molar-refractivity contribution in [2.45, 2.75) is 57.2 Å². The molecule has 1 aliphatic rings. The Labute approximate surface area is 252 Å². The number of carbonyl (C=O) groups excluding carboxylic acids is 2. The number of halogens is 2. The number of rotatable bonds is 11. The molecule has 0 spiro atoms. The lowest BCUT2D eigenvalue weighted by atomic mass is 9.94. The highest BCUT2D eigenvalue weighted by Crippen LogP contribution is 2.28. The van der Waals surface area contributed by atoms with Crippen molar-refractivity contribution in [3.63, 3.8) is 0 Å². The van der Waals surface area contributed by atoms with Crippen LogP contribution in [-0.2, 0) is 32.6 Å². The number of nitrogens with one attached hydrogen (secondary N) is 1. The quantitative estimate of drug-likeness (QED) is 0.293. The molecule has 1 fully saturated rings. The smallest absolute Gasteiger partial charge is 0.244 e. The molecule has 0 unspecified atom stereocenters. The van der Waals surface area contributed by atoms with Gasteiger partial charge in [-0.05, 0) is 42.2 Å². The van der Waals surface area contributed by atoms with E-state index in [2.05, 4.69) is 5.32 Å². The predicted octanol–water partition coefficient (Wildman–Crippen LogP) is 5.85. The van der Waals surface area contributed by atoms with E-state index in [0.29, 0.717) is 0 Å². The molecule has 0 heterocycles. The number of hydrogen-bond acceptors (Lipinski definition) is 4. The van der Waals surface area contributed by atoms with Gasteiger partial charge in [-0.15, -0.1) is 0 Å². The van der Waals surface area contributed by atoms with Crippen LogP contribution in [0.2, 0.25) is 10.0 Å². The Bertz CT molecular complexity index is 1410. The van der Waals surface area contributed by atoms with E-state index in [4.69, 9.17) is 23.2 Å². The van der Waals surface area contributed by atoms with Gasteiger partial charge in [0.25, 0.3) is 0 Å². The highest BCUT2D eigenvalue weighted by atomic mass is 35.5. The van der Waals surface area contributed by atoms with E-state index in [9.17, 15) is 18.0 Å². The third kappa shape index (κ3) is 8.96. The number of amides is 2.